The number of phenols is 1. The van der Waals surface area contributed by atoms with Gasteiger partial charge in [0, 0.05) is 18.2 Å². The molecule has 0 bridgehead atoms. The Morgan fingerprint density at radius 3 is 2.35 bits per heavy atom. The Bertz CT molecular complexity index is 560. The highest BCUT2D eigenvalue weighted by Gasteiger charge is 2.30. The predicted octanol–water partition coefficient (Wildman–Crippen LogP) is 3.44. The van der Waals surface area contributed by atoms with Crippen LogP contribution in [0.25, 0.3) is 0 Å². The van der Waals surface area contributed by atoms with Crippen LogP contribution in [-0.2, 0) is 0 Å². The van der Waals surface area contributed by atoms with E-state index in [1.807, 2.05) is 0 Å². The maximum absolute atomic E-state index is 12.6. The number of aromatic hydroxyl groups is 1. The fraction of sp³-hybridized carbons (Fsp3) is 0.357. The monoisotopic (exact) mass is 286 g/mol. The quantitative estimate of drug-likeness (QED) is 0.660. The van der Waals surface area contributed by atoms with Crippen molar-refractivity contribution in [3.8, 4) is 5.75 Å². The zero-order valence-corrected chi connectivity index (χ0v) is 11.8. The van der Waals surface area contributed by atoms with Crippen LogP contribution in [-0.4, -0.2) is 24.0 Å². The minimum atomic E-state index is -4.39. The van der Waals surface area contributed by atoms with Crippen LogP contribution in [0.1, 0.15) is 23.6 Å². The number of hydrogen-bond donors (Lipinski definition) is 2. The first-order chi connectivity index (χ1) is 9.16. The zero-order chi connectivity index (χ0) is 15.5. The van der Waals surface area contributed by atoms with Gasteiger partial charge in [0.25, 0.3) is 0 Å². The zero-order valence-electron chi connectivity index (χ0n) is 11.8. The van der Waals surface area contributed by atoms with E-state index in [0.717, 1.165) is 13.0 Å². The second-order valence-electron chi connectivity index (χ2n) is 4.50. The Kier molecular flexibility index (Phi) is 4.81. The number of hydrogen-bond acceptors (Lipinski definition) is 3. The maximum atomic E-state index is 12.6. The Morgan fingerprint density at radius 2 is 1.85 bits per heavy atom. The maximum Gasteiger partial charge on any atom is 0.412 e. The fourth-order valence-corrected chi connectivity index (χ4v) is 1.65. The van der Waals surface area contributed by atoms with E-state index in [2.05, 4.69) is 10.5 Å². The molecule has 110 valence electrons. The highest BCUT2D eigenvalue weighted by molar-refractivity contribution is 6.10. The van der Waals surface area contributed by atoms with Crippen LogP contribution in [0.15, 0.2) is 28.9 Å². The molecular weight excluding hydrogens is 269 g/mol. The number of benzene rings is 1. The van der Waals surface area contributed by atoms with Gasteiger partial charge < -0.3 is 10.5 Å². The third kappa shape index (κ3) is 3.76. The van der Waals surface area contributed by atoms with Gasteiger partial charge >= 0.3 is 6.18 Å². The van der Waals surface area contributed by atoms with Crippen molar-refractivity contribution in [1.29, 1.82) is 0 Å². The minimum Gasteiger partial charge on any atom is -0.508 e. The van der Waals surface area contributed by atoms with Gasteiger partial charge in [-0.1, -0.05) is 0 Å². The Morgan fingerprint density at radius 1 is 1.25 bits per heavy atom. The lowest BCUT2D eigenvalue weighted by molar-refractivity contribution is -0.0912. The van der Waals surface area contributed by atoms with Crippen LogP contribution in [0.3, 0.4) is 0 Å². The molecule has 0 aliphatic heterocycles. The second-order valence-corrected chi connectivity index (χ2v) is 4.50. The van der Waals surface area contributed by atoms with Gasteiger partial charge in [0.05, 0.1) is 5.71 Å². The molecule has 6 heteroatoms. The van der Waals surface area contributed by atoms with Gasteiger partial charge in [-0.05, 0) is 50.1 Å². The van der Waals surface area contributed by atoms with Crippen LogP contribution in [0.5, 0.6) is 5.75 Å². The molecule has 0 amide bonds. The van der Waals surface area contributed by atoms with E-state index in [9.17, 15) is 18.3 Å². The molecule has 20 heavy (non-hydrogen) atoms. The number of halogens is 3. The van der Waals surface area contributed by atoms with Gasteiger partial charge in [-0.25, -0.2) is 0 Å². The van der Waals surface area contributed by atoms with Gasteiger partial charge in [-0.3, -0.25) is 0 Å². The summed E-state index contributed by atoms with van der Waals surface area (Å²) in [6, 6.07) is 3.12. The molecule has 1 rings (SSSR count). The summed E-state index contributed by atoms with van der Waals surface area (Å²) in [7, 11) is 1.51. The van der Waals surface area contributed by atoms with Gasteiger partial charge in [-0.2, -0.15) is 18.3 Å². The molecule has 1 aromatic carbocycles. The van der Waals surface area contributed by atoms with E-state index in [1.165, 1.54) is 13.1 Å². The van der Waals surface area contributed by atoms with Crippen molar-refractivity contribution in [3.05, 3.63) is 40.5 Å². The molecule has 1 aromatic rings. The summed E-state index contributed by atoms with van der Waals surface area (Å²) in [4.78, 5) is 0. The number of phenolic OH excluding ortho intramolecular Hbond substituents is 1. The molecule has 0 aliphatic rings. The molecular formula is C14H17F3N2O. The Labute approximate surface area is 115 Å². The molecule has 0 unspecified atom stereocenters. The molecule has 0 spiro atoms. The minimum absolute atomic E-state index is 0.103. The average molecular weight is 286 g/mol. The smallest absolute Gasteiger partial charge is 0.412 e. The van der Waals surface area contributed by atoms with E-state index < -0.39 is 11.7 Å². The molecule has 0 saturated carbocycles. The number of allylic oxidation sites excluding steroid dienone is 2. The molecule has 0 fully saturated rings. The number of aryl methyl sites for hydroxylation is 2. The van der Waals surface area contributed by atoms with Crippen molar-refractivity contribution >= 4 is 5.71 Å². The molecule has 0 aliphatic carbocycles. The van der Waals surface area contributed by atoms with Crippen LogP contribution in [0.4, 0.5) is 13.2 Å². The standard InChI is InChI=1S/C14H17F3N2O/c1-8-6-13(20)9(2)5-11(8)12(19-18-4)7-10(3)14(15,16)17/h5-7,18,20H,1-4H3/b10-7+,19-12+. The van der Waals surface area contributed by atoms with E-state index in [1.54, 1.807) is 19.9 Å². The van der Waals surface area contributed by atoms with Crippen LogP contribution in [0, 0.1) is 13.8 Å². The normalized spacial score (nSPS) is 13.6. The first-order valence-electron chi connectivity index (χ1n) is 5.97. The topological polar surface area (TPSA) is 44.6 Å². The van der Waals surface area contributed by atoms with Crippen LogP contribution < -0.4 is 5.43 Å². The Hall–Kier alpha value is -1.98. The summed E-state index contributed by atoms with van der Waals surface area (Å²) in [5.74, 6) is 0.103. The first-order valence-corrected chi connectivity index (χ1v) is 5.97. The number of nitrogens with zero attached hydrogens (tertiary/aromatic N) is 1. The van der Waals surface area contributed by atoms with Crippen LogP contribution >= 0.6 is 0 Å². The van der Waals surface area contributed by atoms with Gasteiger partial charge in [0.1, 0.15) is 5.75 Å². The van der Waals surface area contributed by atoms with Crippen molar-refractivity contribution in [1.82, 2.24) is 5.43 Å². The van der Waals surface area contributed by atoms with Gasteiger partial charge in [0.2, 0.25) is 0 Å². The second kappa shape index (κ2) is 5.98. The highest BCUT2D eigenvalue weighted by Crippen LogP contribution is 2.27. The summed E-state index contributed by atoms with van der Waals surface area (Å²) in [6.07, 6.45) is -3.41. The Balaban J connectivity index is 3.37. The number of rotatable bonds is 3. The van der Waals surface area contributed by atoms with E-state index in [-0.39, 0.29) is 11.5 Å². The largest absolute Gasteiger partial charge is 0.508 e. The van der Waals surface area contributed by atoms with Crippen molar-refractivity contribution in [3.63, 3.8) is 0 Å². The van der Waals surface area contributed by atoms with Crippen LogP contribution in [0.2, 0.25) is 0 Å². The van der Waals surface area contributed by atoms with E-state index >= 15 is 0 Å². The molecule has 0 aromatic heterocycles. The predicted molar refractivity (Wildman–Crippen MR) is 73.0 cm³/mol. The van der Waals surface area contributed by atoms with Crippen molar-refractivity contribution in [2.45, 2.75) is 26.9 Å². The van der Waals surface area contributed by atoms with Crippen molar-refractivity contribution in [2.75, 3.05) is 7.05 Å². The average Bonchev–Trinajstić information content (AvgIpc) is 2.32. The lowest BCUT2D eigenvalue weighted by Crippen LogP contribution is -2.13. The van der Waals surface area contributed by atoms with Gasteiger partial charge in [-0.15, -0.1) is 0 Å². The van der Waals surface area contributed by atoms with Crippen molar-refractivity contribution in [2.24, 2.45) is 5.10 Å². The summed E-state index contributed by atoms with van der Waals surface area (Å²) < 4.78 is 37.9. The SMILES string of the molecule is CN/N=C(\C=C(/C)C(F)(F)F)c1cc(C)c(O)cc1C. The summed E-state index contributed by atoms with van der Waals surface area (Å²) in [6.45, 7) is 4.37. The number of hydrazone groups is 1. The lowest BCUT2D eigenvalue weighted by atomic mass is 9.99. The van der Waals surface area contributed by atoms with Crippen molar-refractivity contribution < 1.29 is 18.3 Å². The fourth-order valence-electron chi connectivity index (χ4n) is 1.65. The molecule has 3 nitrogen and oxygen atoms in total. The van der Waals surface area contributed by atoms with E-state index in [4.69, 9.17) is 0 Å². The summed E-state index contributed by atoms with van der Waals surface area (Å²) >= 11 is 0. The summed E-state index contributed by atoms with van der Waals surface area (Å²) in [5.41, 5.74) is 3.69. The molecule has 0 saturated heterocycles. The third-order valence-corrected chi connectivity index (χ3v) is 2.85. The molecule has 0 heterocycles. The first kappa shape index (κ1) is 16.1. The molecule has 2 N–H and O–H groups in total. The van der Waals surface area contributed by atoms with Gasteiger partial charge in [0.15, 0.2) is 0 Å². The molecule has 0 radical (unpaired) electrons. The van der Waals surface area contributed by atoms with E-state index in [0.29, 0.717) is 16.7 Å². The summed E-state index contributed by atoms with van der Waals surface area (Å²) in [5, 5.41) is 13.5. The third-order valence-electron chi connectivity index (χ3n) is 2.85. The lowest BCUT2D eigenvalue weighted by Gasteiger charge is -2.11. The number of nitrogens with one attached hydrogen (secondary N) is 1. The number of alkyl halides is 3. The highest BCUT2D eigenvalue weighted by atomic mass is 19.4. The molecule has 0 atom stereocenters.